The molecule has 0 radical (unpaired) electrons. The molecule has 10 heteroatoms. The first-order chi connectivity index (χ1) is 10.0. The Morgan fingerprint density at radius 3 is 3.00 bits per heavy atom. The first-order valence-electron chi connectivity index (χ1n) is 6.05. The van der Waals surface area contributed by atoms with Crippen LogP contribution in [0.1, 0.15) is 16.8 Å². The minimum Gasteiger partial charge on any atom is -0.279 e. The first-order valence-corrected chi connectivity index (χ1v) is 9.61. The number of fused-ring (bicyclic) bond motifs is 1. The van der Waals surface area contributed by atoms with E-state index >= 15 is 0 Å². The summed E-state index contributed by atoms with van der Waals surface area (Å²) >= 11 is 8.76. The largest absolute Gasteiger partial charge is 0.279 e. The first kappa shape index (κ1) is 14.9. The summed E-state index contributed by atoms with van der Waals surface area (Å²) in [5, 5.41) is 2.42. The van der Waals surface area contributed by atoms with Crippen LogP contribution in [0.4, 0.5) is 0 Å². The molecule has 0 atom stereocenters. The van der Waals surface area contributed by atoms with E-state index in [9.17, 15) is 8.42 Å². The Morgan fingerprint density at radius 2 is 2.29 bits per heavy atom. The monoisotopic (exact) mass is 362 g/mol. The summed E-state index contributed by atoms with van der Waals surface area (Å²) in [7, 11) is -3.75. The van der Waals surface area contributed by atoms with Crippen LogP contribution in [0.2, 0.25) is 5.15 Å². The number of sulfonamides is 1. The number of thiazole rings is 2. The van der Waals surface area contributed by atoms with Crippen molar-refractivity contribution in [2.24, 2.45) is 0 Å². The Labute approximate surface area is 134 Å². The fraction of sp³-hybridized carbons (Fsp3) is 0.273. The molecule has 0 aliphatic rings. The van der Waals surface area contributed by atoms with Crippen LogP contribution in [0.15, 0.2) is 22.8 Å². The Bertz CT molecular complexity index is 880. The quantitative estimate of drug-likeness (QED) is 0.756. The van der Waals surface area contributed by atoms with Gasteiger partial charge >= 0.3 is 0 Å². The van der Waals surface area contributed by atoms with Crippen LogP contribution < -0.4 is 4.72 Å². The average Bonchev–Trinajstić information content (AvgIpc) is 3.10. The van der Waals surface area contributed by atoms with Gasteiger partial charge in [-0.2, -0.15) is 0 Å². The smallest absolute Gasteiger partial charge is 0.260 e. The minimum atomic E-state index is -3.75. The molecule has 0 unspecified atom stereocenters. The van der Waals surface area contributed by atoms with E-state index in [1.54, 1.807) is 17.8 Å². The minimum absolute atomic E-state index is 0.0252. The molecular weight excluding hydrogens is 352 g/mol. The number of aromatic nitrogens is 3. The van der Waals surface area contributed by atoms with E-state index < -0.39 is 10.0 Å². The van der Waals surface area contributed by atoms with Crippen LogP contribution in [0.5, 0.6) is 0 Å². The molecule has 3 aromatic rings. The van der Waals surface area contributed by atoms with Crippen LogP contribution in [0, 0.1) is 0 Å². The van der Waals surface area contributed by atoms with Crippen LogP contribution in [0.25, 0.3) is 4.96 Å². The lowest BCUT2D eigenvalue weighted by Gasteiger charge is -2.04. The second-order valence-electron chi connectivity index (χ2n) is 4.16. The van der Waals surface area contributed by atoms with Gasteiger partial charge in [-0.25, -0.2) is 23.1 Å². The summed E-state index contributed by atoms with van der Waals surface area (Å²) < 4.78 is 28.8. The number of rotatable bonds is 5. The summed E-state index contributed by atoms with van der Waals surface area (Å²) in [5.41, 5.74) is 0. The van der Waals surface area contributed by atoms with Crippen molar-refractivity contribution in [3.8, 4) is 0 Å². The fourth-order valence-corrected chi connectivity index (χ4v) is 5.13. The highest BCUT2D eigenvalue weighted by Crippen LogP contribution is 2.25. The van der Waals surface area contributed by atoms with E-state index in [0.29, 0.717) is 4.96 Å². The van der Waals surface area contributed by atoms with Gasteiger partial charge in [0, 0.05) is 22.7 Å². The summed E-state index contributed by atoms with van der Waals surface area (Å²) in [5.74, 6) is 0. The molecule has 0 bridgehead atoms. The lowest BCUT2D eigenvalue weighted by molar-refractivity contribution is 0.576. The van der Waals surface area contributed by atoms with Gasteiger partial charge in [0.2, 0.25) is 0 Å². The Morgan fingerprint density at radius 1 is 1.48 bits per heavy atom. The highest BCUT2D eigenvalue weighted by atomic mass is 35.5. The van der Waals surface area contributed by atoms with Gasteiger partial charge in [-0.05, 0) is 6.42 Å². The van der Waals surface area contributed by atoms with E-state index in [0.717, 1.165) is 16.3 Å². The van der Waals surface area contributed by atoms with E-state index in [1.165, 1.54) is 27.1 Å². The molecule has 0 saturated carbocycles. The molecule has 1 N–H and O–H groups in total. The number of nitrogens with one attached hydrogen (secondary N) is 1. The van der Waals surface area contributed by atoms with Gasteiger partial charge in [-0.3, -0.25) is 4.40 Å². The third-order valence-electron chi connectivity index (χ3n) is 2.80. The Hall–Kier alpha value is -1.00. The topological polar surface area (TPSA) is 76.4 Å². The van der Waals surface area contributed by atoms with Gasteiger partial charge in [0.25, 0.3) is 10.0 Å². The van der Waals surface area contributed by atoms with Gasteiger partial charge in [0.1, 0.15) is 5.01 Å². The zero-order chi connectivity index (χ0) is 15.0. The summed E-state index contributed by atoms with van der Waals surface area (Å²) in [6.07, 6.45) is 4.28. The number of aryl methyl sites for hydroxylation is 1. The number of nitrogens with zero attached hydrogens (tertiary/aromatic N) is 3. The molecular formula is C11H11ClN4O2S3. The van der Waals surface area contributed by atoms with Crippen molar-refractivity contribution in [1.29, 1.82) is 0 Å². The third kappa shape index (κ3) is 2.84. The van der Waals surface area contributed by atoms with E-state index in [4.69, 9.17) is 11.6 Å². The van der Waals surface area contributed by atoms with Gasteiger partial charge in [0.05, 0.1) is 6.54 Å². The average molecular weight is 363 g/mol. The third-order valence-corrected chi connectivity index (χ3v) is 6.49. The van der Waals surface area contributed by atoms with Gasteiger partial charge in [-0.15, -0.1) is 22.7 Å². The molecule has 0 fully saturated rings. The lowest BCUT2D eigenvalue weighted by atomic mass is 10.4. The maximum Gasteiger partial charge on any atom is 0.260 e. The van der Waals surface area contributed by atoms with Crippen LogP contribution in [0.3, 0.4) is 0 Å². The van der Waals surface area contributed by atoms with E-state index in [1.807, 2.05) is 6.92 Å². The molecule has 21 heavy (non-hydrogen) atoms. The highest BCUT2D eigenvalue weighted by Gasteiger charge is 2.25. The lowest BCUT2D eigenvalue weighted by Crippen LogP contribution is -2.24. The number of imidazole rings is 1. The second-order valence-corrected chi connectivity index (χ2v) is 8.27. The van der Waals surface area contributed by atoms with Crippen molar-refractivity contribution in [2.75, 3.05) is 0 Å². The summed E-state index contributed by atoms with van der Waals surface area (Å²) in [4.78, 5) is 9.87. The van der Waals surface area contributed by atoms with Gasteiger partial charge < -0.3 is 0 Å². The normalized spacial score (nSPS) is 12.3. The van der Waals surface area contributed by atoms with Crippen LogP contribution >= 0.6 is 34.3 Å². The van der Waals surface area contributed by atoms with Crippen molar-refractivity contribution < 1.29 is 8.42 Å². The zero-order valence-electron chi connectivity index (χ0n) is 10.9. The highest BCUT2D eigenvalue weighted by molar-refractivity contribution is 7.89. The van der Waals surface area contributed by atoms with Crippen molar-refractivity contribution in [2.45, 2.75) is 24.9 Å². The second kappa shape index (κ2) is 5.65. The van der Waals surface area contributed by atoms with E-state index in [2.05, 4.69) is 14.7 Å². The Kier molecular flexibility index (Phi) is 4.02. The molecule has 3 rings (SSSR count). The predicted octanol–water partition coefficient (Wildman–Crippen LogP) is 2.55. The number of halogens is 1. The summed E-state index contributed by atoms with van der Waals surface area (Å²) in [6, 6.07) is 0. The van der Waals surface area contributed by atoms with Crippen LogP contribution in [-0.4, -0.2) is 22.8 Å². The molecule has 3 heterocycles. The zero-order valence-corrected chi connectivity index (χ0v) is 14.1. The molecule has 0 aliphatic heterocycles. The van der Waals surface area contributed by atoms with Crippen molar-refractivity contribution in [3.05, 3.63) is 32.8 Å². The molecule has 0 aliphatic carbocycles. The van der Waals surface area contributed by atoms with Gasteiger partial charge in [0.15, 0.2) is 15.1 Å². The van der Waals surface area contributed by atoms with Crippen LogP contribution in [-0.2, 0) is 23.0 Å². The van der Waals surface area contributed by atoms with Crippen molar-refractivity contribution in [1.82, 2.24) is 19.1 Å². The number of hydrogen-bond acceptors (Lipinski definition) is 6. The SMILES string of the molecule is CCc1cnc(CNS(=O)(=O)c2c(Cl)nc3sccn23)s1. The predicted molar refractivity (Wildman–Crippen MR) is 83.6 cm³/mol. The molecule has 6 nitrogen and oxygen atoms in total. The molecule has 3 aromatic heterocycles. The number of hydrogen-bond donors (Lipinski definition) is 1. The maximum atomic E-state index is 12.4. The standard InChI is InChI=1S/C11H11ClN4O2S3/c1-2-7-5-13-8(20-7)6-14-21(17,18)10-9(12)15-11-16(10)3-4-19-11/h3-5,14H,2,6H2,1H3. The van der Waals surface area contributed by atoms with Crippen molar-refractivity contribution >= 4 is 49.3 Å². The molecule has 0 spiro atoms. The summed E-state index contributed by atoms with van der Waals surface area (Å²) in [6.45, 7) is 2.17. The van der Waals surface area contributed by atoms with Crippen molar-refractivity contribution in [3.63, 3.8) is 0 Å². The maximum absolute atomic E-state index is 12.4. The molecule has 0 amide bonds. The fourth-order valence-electron chi connectivity index (χ4n) is 1.80. The molecule has 112 valence electrons. The molecule has 0 aromatic carbocycles. The molecule has 0 saturated heterocycles. The van der Waals surface area contributed by atoms with Gasteiger partial charge in [-0.1, -0.05) is 18.5 Å². The Balaban J connectivity index is 1.86. The van der Waals surface area contributed by atoms with E-state index in [-0.39, 0.29) is 16.7 Å².